The predicted molar refractivity (Wildman–Crippen MR) is 108 cm³/mol. The van der Waals surface area contributed by atoms with Crippen LogP contribution in [0.3, 0.4) is 0 Å². The van der Waals surface area contributed by atoms with Crippen molar-refractivity contribution in [1.82, 2.24) is 19.5 Å². The molecule has 6 nitrogen and oxygen atoms in total. The maximum atomic E-state index is 9.00. The van der Waals surface area contributed by atoms with Crippen molar-refractivity contribution < 1.29 is 9.90 Å². The van der Waals surface area contributed by atoms with E-state index in [-0.39, 0.29) is 18.4 Å². The lowest BCUT2D eigenvalue weighted by Gasteiger charge is -2.20. The molecule has 0 saturated carbocycles. The zero-order valence-corrected chi connectivity index (χ0v) is 16.0. The van der Waals surface area contributed by atoms with Crippen molar-refractivity contribution in [2.45, 2.75) is 13.0 Å². The second-order valence-electron chi connectivity index (χ2n) is 5.67. The second-order valence-corrected chi connectivity index (χ2v) is 6.10. The minimum atomic E-state index is -0.833. The van der Waals surface area contributed by atoms with E-state index in [0.717, 1.165) is 34.1 Å². The predicted octanol–water partition coefficient (Wildman–Crippen LogP) is 4.56. The first-order valence-corrected chi connectivity index (χ1v) is 8.28. The van der Waals surface area contributed by atoms with Crippen molar-refractivity contribution in [2.24, 2.45) is 0 Å². The molecule has 0 bridgehead atoms. The maximum absolute atomic E-state index is 9.00. The Hall–Kier alpha value is -2.83. The van der Waals surface area contributed by atoms with Gasteiger partial charge in [-0.05, 0) is 35.4 Å². The lowest BCUT2D eigenvalue weighted by Crippen LogP contribution is -2.10. The Labute approximate surface area is 167 Å². The number of aliphatic carboxylic acids is 1. The third kappa shape index (κ3) is 5.09. The Kier molecular flexibility index (Phi) is 6.98. The second kappa shape index (κ2) is 9.21. The molecule has 2 N–H and O–H groups in total. The number of rotatable bonds is 3. The van der Waals surface area contributed by atoms with E-state index in [2.05, 4.69) is 37.7 Å². The quantitative estimate of drug-likeness (QED) is 0.523. The molecular weight excluding hydrogens is 387 g/mol. The minimum Gasteiger partial charge on any atom is -0.481 e. The van der Waals surface area contributed by atoms with E-state index in [1.807, 2.05) is 36.8 Å². The van der Waals surface area contributed by atoms with Crippen molar-refractivity contribution in [2.75, 3.05) is 0 Å². The molecule has 8 heteroatoms. The van der Waals surface area contributed by atoms with E-state index in [4.69, 9.17) is 21.5 Å². The van der Waals surface area contributed by atoms with Gasteiger partial charge in [0.1, 0.15) is 0 Å². The molecule has 0 spiro atoms. The molecule has 0 aliphatic rings. The highest BCUT2D eigenvalue weighted by molar-refractivity contribution is 6.30. The van der Waals surface area contributed by atoms with Gasteiger partial charge in [-0.15, -0.1) is 12.4 Å². The summed E-state index contributed by atoms with van der Waals surface area (Å²) in [6.07, 6.45) is 7.28. The van der Waals surface area contributed by atoms with Gasteiger partial charge in [-0.25, -0.2) is 9.97 Å². The molecule has 0 aliphatic carbocycles. The van der Waals surface area contributed by atoms with E-state index in [9.17, 15) is 0 Å². The molecule has 2 aromatic carbocycles. The Balaban J connectivity index is 0.000000479. The molecule has 0 aliphatic heterocycles. The number of carbonyl (C=O) groups is 1. The van der Waals surface area contributed by atoms with Gasteiger partial charge in [0, 0.05) is 24.3 Å². The van der Waals surface area contributed by atoms with Crippen molar-refractivity contribution in [3.63, 3.8) is 0 Å². The third-order valence-corrected chi connectivity index (χ3v) is 3.98. The largest absolute Gasteiger partial charge is 0.481 e. The van der Waals surface area contributed by atoms with Gasteiger partial charge in [-0.3, -0.25) is 4.79 Å². The molecule has 140 valence electrons. The van der Waals surface area contributed by atoms with Crippen LogP contribution in [-0.2, 0) is 4.79 Å². The zero-order valence-electron chi connectivity index (χ0n) is 14.4. The number of aromatic amines is 1. The summed E-state index contributed by atoms with van der Waals surface area (Å²) in [6, 6.07) is 14.2. The minimum absolute atomic E-state index is 0. The van der Waals surface area contributed by atoms with Crippen LogP contribution >= 0.6 is 24.0 Å². The van der Waals surface area contributed by atoms with Gasteiger partial charge in [-0.1, -0.05) is 29.8 Å². The van der Waals surface area contributed by atoms with Crippen LogP contribution in [0.2, 0.25) is 5.02 Å². The van der Waals surface area contributed by atoms with Crippen LogP contribution in [0, 0.1) is 0 Å². The number of nitrogens with one attached hydrogen (secondary N) is 1. The summed E-state index contributed by atoms with van der Waals surface area (Å²) < 4.78 is 2.07. The molecule has 1 unspecified atom stereocenters. The van der Waals surface area contributed by atoms with Gasteiger partial charge >= 0.3 is 0 Å². The summed E-state index contributed by atoms with van der Waals surface area (Å²) in [4.78, 5) is 20.6. The molecule has 0 fully saturated rings. The van der Waals surface area contributed by atoms with Crippen LogP contribution in [0.1, 0.15) is 24.1 Å². The summed E-state index contributed by atoms with van der Waals surface area (Å²) in [7, 11) is 0. The monoisotopic (exact) mass is 404 g/mol. The number of hydrogen-bond donors (Lipinski definition) is 2. The van der Waals surface area contributed by atoms with Crippen LogP contribution in [0.5, 0.6) is 0 Å². The Bertz CT molecular complexity index is 1010. The first kappa shape index (κ1) is 20.5. The fraction of sp³-hybridized carbons (Fsp3) is 0.105. The average molecular weight is 405 g/mol. The smallest absolute Gasteiger partial charge is 0.300 e. The number of halogens is 2. The SMILES string of the molecule is CC(=O)O.Cl.Clc1cccc(C(c2ccc3nc[nH]c3c2)n2ccnc2)c1. The molecule has 27 heavy (non-hydrogen) atoms. The molecule has 4 aromatic rings. The van der Waals surface area contributed by atoms with Crippen molar-refractivity contribution >= 4 is 41.0 Å². The number of benzene rings is 2. The molecule has 2 aromatic heterocycles. The number of nitrogens with zero attached hydrogens (tertiary/aromatic N) is 3. The van der Waals surface area contributed by atoms with Crippen molar-refractivity contribution in [1.29, 1.82) is 0 Å². The Morgan fingerprint density at radius 2 is 1.96 bits per heavy atom. The van der Waals surface area contributed by atoms with Crippen LogP contribution < -0.4 is 0 Å². The normalized spacial score (nSPS) is 11.2. The highest BCUT2D eigenvalue weighted by atomic mass is 35.5. The van der Waals surface area contributed by atoms with Gasteiger partial charge in [-0.2, -0.15) is 0 Å². The summed E-state index contributed by atoms with van der Waals surface area (Å²) in [6.45, 7) is 1.08. The fourth-order valence-corrected chi connectivity index (χ4v) is 2.96. The number of carboxylic acid groups (broad SMARTS) is 1. The zero-order chi connectivity index (χ0) is 18.5. The van der Waals surface area contributed by atoms with E-state index >= 15 is 0 Å². The number of hydrogen-bond acceptors (Lipinski definition) is 3. The Morgan fingerprint density at radius 1 is 1.22 bits per heavy atom. The fourth-order valence-electron chi connectivity index (χ4n) is 2.76. The van der Waals surface area contributed by atoms with Crippen LogP contribution in [0.4, 0.5) is 0 Å². The average Bonchev–Trinajstić information content (AvgIpc) is 3.26. The first-order valence-electron chi connectivity index (χ1n) is 7.90. The number of carboxylic acids is 1. The van der Waals surface area contributed by atoms with Gasteiger partial charge in [0.2, 0.25) is 0 Å². The lowest BCUT2D eigenvalue weighted by atomic mass is 9.98. The van der Waals surface area contributed by atoms with Gasteiger partial charge in [0.15, 0.2) is 0 Å². The third-order valence-electron chi connectivity index (χ3n) is 3.75. The number of imidazole rings is 2. The van der Waals surface area contributed by atoms with Crippen molar-refractivity contribution in [3.05, 3.63) is 83.7 Å². The molecule has 0 radical (unpaired) electrons. The highest BCUT2D eigenvalue weighted by Crippen LogP contribution is 2.29. The molecule has 1 atom stereocenters. The van der Waals surface area contributed by atoms with E-state index in [1.165, 1.54) is 0 Å². The van der Waals surface area contributed by atoms with Crippen LogP contribution in [0.15, 0.2) is 67.5 Å². The number of aromatic nitrogens is 4. The van der Waals surface area contributed by atoms with Gasteiger partial charge in [0.25, 0.3) is 5.97 Å². The standard InChI is InChI=1S/C17H13ClN4.C2H4O2.ClH/c18-14-3-1-2-12(8-14)17(22-7-6-19-11-22)13-4-5-15-16(9-13)21-10-20-15;1-2(3)4;/h1-11,17H,(H,20,21);1H3,(H,3,4);1H. The topological polar surface area (TPSA) is 83.8 Å². The molecule has 4 rings (SSSR count). The first-order chi connectivity index (χ1) is 12.5. The summed E-state index contributed by atoms with van der Waals surface area (Å²) in [5.74, 6) is -0.833. The number of H-pyrrole nitrogens is 1. The maximum Gasteiger partial charge on any atom is 0.300 e. The summed E-state index contributed by atoms with van der Waals surface area (Å²) in [5, 5.41) is 8.14. The molecular formula is C19H18Cl2N4O2. The molecule has 0 amide bonds. The van der Waals surface area contributed by atoms with Crippen LogP contribution in [0.25, 0.3) is 11.0 Å². The van der Waals surface area contributed by atoms with Gasteiger partial charge < -0.3 is 14.7 Å². The molecule has 0 saturated heterocycles. The summed E-state index contributed by atoms with van der Waals surface area (Å²) in [5.41, 5.74) is 4.24. The number of fused-ring (bicyclic) bond motifs is 1. The van der Waals surface area contributed by atoms with Crippen molar-refractivity contribution in [3.8, 4) is 0 Å². The van der Waals surface area contributed by atoms with E-state index in [0.29, 0.717) is 0 Å². The van der Waals surface area contributed by atoms with E-state index < -0.39 is 5.97 Å². The highest BCUT2D eigenvalue weighted by Gasteiger charge is 2.17. The van der Waals surface area contributed by atoms with Gasteiger partial charge in [0.05, 0.1) is 29.7 Å². The van der Waals surface area contributed by atoms with E-state index in [1.54, 1.807) is 12.5 Å². The summed E-state index contributed by atoms with van der Waals surface area (Å²) >= 11 is 6.17. The lowest BCUT2D eigenvalue weighted by molar-refractivity contribution is -0.134. The van der Waals surface area contributed by atoms with Crippen LogP contribution in [-0.4, -0.2) is 30.6 Å². The molecule has 2 heterocycles. The Morgan fingerprint density at radius 3 is 2.63 bits per heavy atom.